The summed E-state index contributed by atoms with van der Waals surface area (Å²) in [4.78, 5) is 0. The van der Waals surface area contributed by atoms with Crippen LogP contribution < -0.4 is 5.32 Å². The third-order valence-corrected chi connectivity index (χ3v) is 5.51. The zero-order chi connectivity index (χ0) is 15.3. The van der Waals surface area contributed by atoms with Crippen LogP contribution in [-0.2, 0) is 22.8 Å². The highest BCUT2D eigenvalue weighted by molar-refractivity contribution is 7.91. The molecule has 0 unspecified atom stereocenters. The van der Waals surface area contributed by atoms with Crippen LogP contribution in [0, 0.1) is 0 Å². The zero-order valence-electron chi connectivity index (χ0n) is 12.8. The van der Waals surface area contributed by atoms with E-state index in [1.54, 1.807) is 0 Å². The van der Waals surface area contributed by atoms with Crippen LogP contribution in [0.3, 0.4) is 0 Å². The quantitative estimate of drug-likeness (QED) is 0.813. The van der Waals surface area contributed by atoms with Crippen molar-refractivity contribution in [2.45, 2.75) is 26.3 Å². The Morgan fingerprint density at radius 3 is 2.67 bits per heavy atom. The van der Waals surface area contributed by atoms with Crippen molar-refractivity contribution in [3.8, 4) is 0 Å². The molecule has 0 fully saturated rings. The summed E-state index contributed by atoms with van der Waals surface area (Å²) < 4.78 is 25.9. The Bertz CT molecular complexity index is 689. The van der Waals surface area contributed by atoms with E-state index in [-0.39, 0.29) is 11.5 Å². The van der Waals surface area contributed by atoms with Gasteiger partial charge in [-0.2, -0.15) is 0 Å². The Labute approximate surface area is 127 Å². The smallest absolute Gasteiger partial charge is 0.152 e. The maximum absolute atomic E-state index is 11.9. The number of nitrogens with one attached hydrogen (secondary N) is 1. The minimum Gasteiger partial charge on any atom is -0.346 e. The molecule has 116 valence electrons. The third-order valence-electron chi connectivity index (χ3n) is 3.67. The topological polar surface area (TPSA) is 51.1 Å². The molecule has 1 heterocycles. The molecule has 0 spiro atoms. The van der Waals surface area contributed by atoms with Gasteiger partial charge in [-0.05, 0) is 38.1 Å². The van der Waals surface area contributed by atoms with Gasteiger partial charge in [-0.3, -0.25) is 0 Å². The van der Waals surface area contributed by atoms with Gasteiger partial charge in [0.1, 0.15) is 0 Å². The first kappa shape index (κ1) is 16.0. The van der Waals surface area contributed by atoms with E-state index in [2.05, 4.69) is 28.2 Å². The van der Waals surface area contributed by atoms with Gasteiger partial charge in [-0.15, -0.1) is 0 Å². The summed E-state index contributed by atoms with van der Waals surface area (Å²) in [7, 11) is -0.998. The van der Waals surface area contributed by atoms with E-state index in [0.29, 0.717) is 13.0 Å². The van der Waals surface area contributed by atoms with Gasteiger partial charge >= 0.3 is 0 Å². The number of para-hydroxylation sites is 1. The van der Waals surface area contributed by atoms with Crippen molar-refractivity contribution < 1.29 is 8.42 Å². The molecule has 1 N–H and O–H groups in total. The van der Waals surface area contributed by atoms with Crippen LogP contribution in [0.4, 0.5) is 0 Å². The number of benzene rings is 1. The summed E-state index contributed by atoms with van der Waals surface area (Å²) >= 11 is 0. The van der Waals surface area contributed by atoms with Crippen LogP contribution in [0.2, 0.25) is 0 Å². The van der Waals surface area contributed by atoms with E-state index >= 15 is 0 Å². The predicted octanol–water partition coefficient (Wildman–Crippen LogP) is 2.23. The molecule has 21 heavy (non-hydrogen) atoms. The average Bonchev–Trinajstić information content (AvgIpc) is 2.81. The molecule has 0 aliphatic carbocycles. The molecule has 0 atom stereocenters. The molecule has 2 rings (SSSR count). The SMILES string of the molecule is CCCS(=O)(=O)CCn1cc(CCNC)c2ccccc21. The highest BCUT2D eigenvalue weighted by atomic mass is 32.2. The van der Waals surface area contributed by atoms with Crippen LogP contribution in [0.5, 0.6) is 0 Å². The molecule has 1 aromatic carbocycles. The van der Waals surface area contributed by atoms with Crippen LogP contribution in [-0.4, -0.2) is 38.1 Å². The molecule has 0 aliphatic heterocycles. The molecule has 0 amide bonds. The number of hydrogen-bond acceptors (Lipinski definition) is 3. The normalized spacial score (nSPS) is 12.1. The fourth-order valence-electron chi connectivity index (χ4n) is 2.62. The fraction of sp³-hybridized carbons (Fsp3) is 0.500. The molecule has 0 bridgehead atoms. The van der Waals surface area contributed by atoms with E-state index in [1.807, 2.05) is 26.1 Å². The summed E-state index contributed by atoms with van der Waals surface area (Å²) in [5.41, 5.74) is 2.39. The number of rotatable bonds is 8. The molecular formula is C16H24N2O2S. The Balaban J connectivity index is 2.23. The lowest BCUT2D eigenvalue weighted by atomic mass is 10.1. The number of aromatic nitrogens is 1. The van der Waals surface area contributed by atoms with Crippen LogP contribution >= 0.6 is 0 Å². The predicted molar refractivity (Wildman–Crippen MR) is 88.5 cm³/mol. The molecule has 4 nitrogen and oxygen atoms in total. The highest BCUT2D eigenvalue weighted by Crippen LogP contribution is 2.21. The van der Waals surface area contributed by atoms with Crippen molar-refractivity contribution in [2.24, 2.45) is 0 Å². The number of aryl methyl sites for hydroxylation is 1. The number of nitrogens with zero attached hydrogens (tertiary/aromatic N) is 1. The van der Waals surface area contributed by atoms with Gasteiger partial charge in [-0.1, -0.05) is 25.1 Å². The Kier molecular flexibility index (Phi) is 5.42. The van der Waals surface area contributed by atoms with Crippen molar-refractivity contribution >= 4 is 20.7 Å². The molecule has 0 radical (unpaired) electrons. The Morgan fingerprint density at radius 2 is 1.95 bits per heavy atom. The van der Waals surface area contributed by atoms with Crippen LogP contribution in [0.15, 0.2) is 30.5 Å². The van der Waals surface area contributed by atoms with Crippen molar-refractivity contribution in [1.29, 1.82) is 0 Å². The monoisotopic (exact) mass is 308 g/mol. The molecule has 0 saturated heterocycles. The van der Waals surface area contributed by atoms with E-state index in [1.165, 1.54) is 10.9 Å². The minimum atomic E-state index is -2.94. The second-order valence-corrected chi connectivity index (χ2v) is 7.67. The van der Waals surface area contributed by atoms with Crippen molar-refractivity contribution in [3.05, 3.63) is 36.0 Å². The van der Waals surface area contributed by atoms with Gasteiger partial charge in [0.2, 0.25) is 0 Å². The highest BCUT2D eigenvalue weighted by Gasteiger charge is 2.12. The van der Waals surface area contributed by atoms with Gasteiger partial charge < -0.3 is 9.88 Å². The fourth-order valence-corrected chi connectivity index (χ4v) is 3.92. The van der Waals surface area contributed by atoms with Crippen molar-refractivity contribution in [3.63, 3.8) is 0 Å². The van der Waals surface area contributed by atoms with Gasteiger partial charge in [0.05, 0.1) is 5.75 Å². The lowest BCUT2D eigenvalue weighted by Gasteiger charge is -2.06. The maximum Gasteiger partial charge on any atom is 0.152 e. The Morgan fingerprint density at radius 1 is 1.19 bits per heavy atom. The van der Waals surface area contributed by atoms with Gasteiger partial charge in [0, 0.05) is 29.4 Å². The lowest BCUT2D eigenvalue weighted by molar-refractivity contribution is 0.588. The van der Waals surface area contributed by atoms with Crippen molar-refractivity contribution in [1.82, 2.24) is 9.88 Å². The lowest BCUT2D eigenvalue weighted by Crippen LogP contribution is -2.15. The number of likely N-dealkylation sites (N-methyl/N-ethyl adjacent to an activating group) is 1. The summed E-state index contributed by atoms with van der Waals surface area (Å²) in [5.74, 6) is 0.490. The first-order chi connectivity index (χ1) is 10.1. The molecule has 1 aromatic heterocycles. The van der Waals surface area contributed by atoms with Crippen LogP contribution in [0.25, 0.3) is 10.9 Å². The van der Waals surface area contributed by atoms with Gasteiger partial charge in [0.25, 0.3) is 0 Å². The summed E-state index contributed by atoms with van der Waals surface area (Å²) in [6, 6.07) is 8.20. The number of sulfone groups is 1. The third kappa shape index (κ3) is 4.08. The van der Waals surface area contributed by atoms with Gasteiger partial charge in [-0.25, -0.2) is 8.42 Å². The Hall–Kier alpha value is -1.33. The first-order valence-corrected chi connectivity index (χ1v) is 9.31. The molecular weight excluding hydrogens is 284 g/mol. The second-order valence-electron chi connectivity index (χ2n) is 5.37. The average molecular weight is 308 g/mol. The standard InChI is InChI=1S/C16H24N2O2S/c1-3-11-21(19,20)12-10-18-13-14(8-9-17-2)15-6-4-5-7-16(15)18/h4-7,13,17H,3,8-12H2,1-2H3. The molecule has 2 aromatic rings. The largest absolute Gasteiger partial charge is 0.346 e. The first-order valence-electron chi connectivity index (χ1n) is 7.49. The van der Waals surface area contributed by atoms with Crippen molar-refractivity contribution in [2.75, 3.05) is 25.1 Å². The molecule has 0 saturated carbocycles. The molecule has 0 aliphatic rings. The van der Waals surface area contributed by atoms with E-state index in [0.717, 1.165) is 18.5 Å². The van der Waals surface area contributed by atoms with E-state index in [9.17, 15) is 8.42 Å². The minimum absolute atomic E-state index is 0.213. The van der Waals surface area contributed by atoms with E-state index in [4.69, 9.17) is 0 Å². The summed E-state index contributed by atoms with van der Waals surface area (Å²) in [5, 5.41) is 4.38. The van der Waals surface area contributed by atoms with E-state index < -0.39 is 9.84 Å². The zero-order valence-corrected chi connectivity index (χ0v) is 13.6. The summed E-state index contributed by atoms with van der Waals surface area (Å²) in [6.45, 7) is 3.35. The number of fused-ring (bicyclic) bond motifs is 1. The van der Waals surface area contributed by atoms with Crippen LogP contribution in [0.1, 0.15) is 18.9 Å². The van der Waals surface area contributed by atoms with Gasteiger partial charge in [0.15, 0.2) is 9.84 Å². The summed E-state index contributed by atoms with van der Waals surface area (Å²) in [6.07, 6.45) is 3.73. The second kappa shape index (κ2) is 7.09. The molecule has 5 heteroatoms. The number of hydrogen-bond donors (Lipinski definition) is 1. The maximum atomic E-state index is 11.9.